The summed E-state index contributed by atoms with van der Waals surface area (Å²) < 4.78 is 16.0. The van der Waals surface area contributed by atoms with Gasteiger partial charge in [0.15, 0.2) is 0 Å². The molecule has 1 aromatic carbocycles. The topological polar surface area (TPSA) is 0 Å². The number of hydrogen-bond acceptors (Lipinski definition) is 0. The first kappa shape index (κ1) is 28.7. The monoisotopic (exact) mass is 484 g/mol. The van der Waals surface area contributed by atoms with Crippen LogP contribution < -0.4 is 0 Å². The highest BCUT2D eigenvalue weighted by Crippen LogP contribution is 2.49. The first-order valence-electron chi connectivity index (χ1n) is 16.0. The number of rotatable bonds is 12. The summed E-state index contributed by atoms with van der Waals surface area (Å²) in [7, 11) is 0. The summed E-state index contributed by atoms with van der Waals surface area (Å²) in [4.78, 5) is 0. The van der Waals surface area contributed by atoms with Crippen molar-refractivity contribution < 1.29 is 4.39 Å². The van der Waals surface area contributed by atoms with Crippen LogP contribution in [0.15, 0.2) is 18.2 Å². The van der Waals surface area contributed by atoms with Crippen molar-refractivity contribution in [3.8, 4) is 0 Å². The minimum absolute atomic E-state index is 0.0788. The second-order valence-corrected chi connectivity index (χ2v) is 12.3. The molecule has 2 aliphatic carbocycles. The molecule has 2 aliphatic rings. The lowest BCUT2D eigenvalue weighted by molar-refractivity contribution is 0.153. The Kier molecular flexibility index (Phi) is 13.2. The number of unbranched alkanes of at least 4 members (excludes halogenated alkanes) is 6. The Labute approximate surface area is 218 Å². The van der Waals surface area contributed by atoms with Crippen LogP contribution in [0.1, 0.15) is 166 Å². The Morgan fingerprint density at radius 1 is 0.714 bits per heavy atom. The van der Waals surface area contributed by atoms with E-state index in [4.69, 9.17) is 0 Å². The maximum absolute atomic E-state index is 16.0. The fourth-order valence-corrected chi connectivity index (χ4v) is 7.56. The van der Waals surface area contributed by atoms with Gasteiger partial charge in [-0.05, 0) is 67.6 Å². The number of halogens is 1. The second-order valence-electron chi connectivity index (χ2n) is 12.3. The van der Waals surface area contributed by atoms with E-state index >= 15 is 4.39 Å². The molecule has 0 saturated heterocycles. The SMILES string of the molecule is CCCCCCCc1ccc(C2(C3CCCCC(CCCCC)CC3)CCCCCCC2)c(F)c1. The minimum atomic E-state index is 0.0788. The third kappa shape index (κ3) is 8.89. The Morgan fingerprint density at radius 3 is 2.14 bits per heavy atom. The Morgan fingerprint density at radius 2 is 1.40 bits per heavy atom. The van der Waals surface area contributed by atoms with E-state index in [-0.39, 0.29) is 11.2 Å². The van der Waals surface area contributed by atoms with E-state index in [9.17, 15) is 0 Å². The van der Waals surface area contributed by atoms with Crippen LogP contribution in [-0.2, 0) is 11.8 Å². The zero-order valence-electron chi connectivity index (χ0n) is 23.5. The summed E-state index contributed by atoms with van der Waals surface area (Å²) in [5, 5.41) is 0. The molecule has 3 rings (SSSR count). The third-order valence-electron chi connectivity index (χ3n) is 9.72. The molecule has 2 unspecified atom stereocenters. The molecule has 0 aromatic heterocycles. The molecule has 0 nitrogen and oxygen atoms in total. The maximum Gasteiger partial charge on any atom is 0.127 e. The van der Waals surface area contributed by atoms with Crippen molar-refractivity contribution in [1.29, 1.82) is 0 Å². The molecule has 1 aromatic rings. The third-order valence-corrected chi connectivity index (χ3v) is 9.72. The lowest BCUT2D eigenvalue weighted by atomic mass is 9.60. The van der Waals surface area contributed by atoms with E-state index in [0.717, 1.165) is 17.9 Å². The molecule has 0 amide bonds. The molecule has 0 N–H and O–H groups in total. The van der Waals surface area contributed by atoms with E-state index in [1.54, 1.807) is 0 Å². The van der Waals surface area contributed by atoms with Gasteiger partial charge in [0, 0.05) is 5.41 Å². The second kappa shape index (κ2) is 16.1. The Hall–Kier alpha value is -0.850. The number of benzene rings is 1. The normalized spacial score (nSPS) is 23.7. The highest BCUT2D eigenvalue weighted by molar-refractivity contribution is 5.32. The summed E-state index contributed by atoms with van der Waals surface area (Å²) >= 11 is 0. The Bertz CT molecular complexity index is 684. The largest absolute Gasteiger partial charge is 0.207 e. The highest BCUT2D eigenvalue weighted by atomic mass is 19.1. The zero-order valence-corrected chi connectivity index (χ0v) is 23.5. The van der Waals surface area contributed by atoms with Crippen LogP contribution in [0.2, 0.25) is 0 Å². The highest BCUT2D eigenvalue weighted by Gasteiger charge is 2.41. The fraction of sp³-hybridized carbons (Fsp3) is 0.824. The summed E-state index contributed by atoms with van der Waals surface area (Å²) in [6.45, 7) is 4.58. The maximum atomic E-state index is 16.0. The molecule has 0 heterocycles. The number of aryl methyl sites for hydroxylation is 1. The van der Waals surface area contributed by atoms with Gasteiger partial charge in [0.2, 0.25) is 0 Å². The van der Waals surface area contributed by atoms with Crippen LogP contribution in [0.4, 0.5) is 4.39 Å². The molecule has 200 valence electrons. The van der Waals surface area contributed by atoms with Gasteiger partial charge in [-0.25, -0.2) is 4.39 Å². The molecule has 0 radical (unpaired) electrons. The van der Waals surface area contributed by atoms with Gasteiger partial charge in [0.05, 0.1) is 0 Å². The van der Waals surface area contributed by atoms with Crippen molar-refractivity contribution in [1.82, 2.24) is 0 Å². The average molecular weight is 485 g/mol. The molecule has 1 heteroatoms. The lowest BCUT2D eigenvalue weighted by Crippen LogP contribution is -2.38. The van der Waals surface area contributed by atoms with Crippen LogP contribution in [0, 0.1) is 17.7 Å². The molecule has 2 fully saturated rings. The smallest absolute Gasteiger partial charge is 0.127 e. The van der Waals surface area contributed by atoms with Gasteiger partial charge in [-0.2, -0.15) is 0 Å². The minimum Gasteiger partial charge on any atom is -0.207 e. The van der Waals surface area contributed by atoms with Gasteiger partial charge in [-0.15, -0.1) is 0 Å². The van der Waals surface area contributed by atoms with Crippen molar-refractivity contribution in [2.45, 2.75) is 167 Å². The fourth-order valence-electron chi connectivity index (χ4n) is 7.56. The van der Waals surface area contributed by atoms with Crippen LogP contribution >= 0.6 is 0 Å². The van der Waals surface area contributed by atoms with Crippen molar-refractivity contribution >= 4 is 0 Å². The Balaban J connectivity index is 1.77. The van der Waals surface area contributed by atoms with Gasteiger partial charge in [-0.1, -0.05) is 135 Å². The number of hydrogen-bond donors (Lipinski definition) is 0. The van der Waals surface area contributed by atoms with Gasteiger partial charge in [-0.3, -0.25) is 0 Å². The molecule has 2 saturated carbocycles. The quantitative estimate of drug-likeness (QED) is 0.259. The molecule has 0 aliphatic heterocycles. The van der Waals surface area contributed by atoms with Crippen molar-refractivity contribution in [2.75, 3.05) is 0 Å². The van der Waals surface area contributed by atoms with Crippen molar-refractivity contribution in [2.24, 2.45) is 11.8 Å². The molecule has 35 heavy (non-hydrogen) atoms. The average Bonchev–Trinajstić information content (AvgIpc) is 2.82. The van der Waals surface area contributed by atoms with E-state index in [1.807, 2.05) is 6.07 Å². The molecule has 2 atom stereocenters. The van der Waals surface area contributed by atoms with Crippen LogP contribution in [0.5, 0.6) is 0 Å². The molecular weight excluding hydrogens is 427 g/mol. The molecule has 0 bridgehead atoms. The van der Waals surface area contributed by atoms with E-state index in [1.165, 1.54) is 147 Å². The van der Waals surface area contributed by atoms with Gasteiger partial charge >= 0.3 is 0 Å². The first-order chi connectivity index (χ1) is 17.2. The van der Waals surface area contributed by atoms with E-state index < -0.39 is 0 Å². The van der Waals surface area contributed by atoms with Crippen molar-refractivity contribution in [3.63, 3.8) is 0 Å². The van der Waals surface area contributed by atoms with Crippen LogP contribution in [0.3, 0.4) is 0 Å². The zero-order chi connectivity index (χ0) is 24.8. The van der Waals surface area contributed by atoms with Gasteiger partial charge in [0.1, 0.15) is 5.82 Å². The summed E-state index contributed by atoms with van der Waals surface area (Å²) in [5.74, 6) is 1.71. The molecule has 0 spiro atoms. The standard InChI is InChI=1S/C34H57F/c1-3-5-7-9-13-20-30-23-25-32(33(35)28-30)34(26-16-10-8-11-17-27-34)31-21-15-14-19-29(22-24-31)18-12-6-4-2/h23,25,28-29,31H,3-22,24,26-27H2,1-2H3. The summed E-state index contributed by atoms with van der Waals surface area (Å²) in [6, 6.07) is 6.50. The first-order valence-corrected chi connectivity index (χ1v) is 16.0. The molecular formula is C34H57F. The predicted octanol–water partition coefficient (Wildman–Crippen LogP) is 11.5. The lowest BCUT2D eigenvalue weighted by Gasteiger charge is -2.45. The van der Waals surface area contributed by atoms with Crippen LogP contribution in [0.25, 0.3) is 0 Å². The summed E-state index contributed by atoms with van der Waals surface area (Å²) in [5.41, 5.74) is 2.40. The van der Waals surface area contributed by atoms with Crippen LogP contribution in [-0.4, -0.2) is 0 Å². The van der Waals surface area contributed by atoms with Crippen molar-refractivity contribution in [3.05, 3.63) is 35.1 Å². The van der Waals surface area contributed by atoms with Gasteiger partial charge < -0.3 is 0 Å². The van der Waals surface area contributed by atoms with E-state index in [0.29, 0.717) is 5.92 Å². The summed E-state index contributed by atoms with van der Waals surface area (Å²) in [6.07, 6.45) is 30.3. The van der Waals surface area contributed by atoms with Gasteiger partial charge in [0.25, 0.3) is 0 Å². The predicted molar refractivity (Wildman–Crippen MR) is 152 cm³/mol. The van der Waals surface area contributed by atoms with E-state index in [2.05, 4.69) is 26.0 Å².